The van der Waals surface area contributed by atoms with Gasteiger partial charge in [0.2, 0.25) is 5.95 Å². The first-order valence-corrected chi connectivity index (χ1v) is 5.63. The lowest BCUT2D eigenvalue weighted by molar-refractivity contribution is 0.514. The van der Waals surface area contributed by atoms with Gasteiger partial charge in [0, 0.05) is 23.8 Å². The molecule has 88 valence electrons. The van der Waals surface area contributed by atoms with Crippen molar-refractivity contribution in [1.29, 1.82) is 0 Å². The fraction of sp³-hybridized carbons (Fsp3) is 0.636. The van der Waals surface area contributed by atoms with Gasteiger partial charge in [-0.3, -0.25) is 5.43 Å². The number of rotatable bonds is 2. The second-order valence-corrected chi connectivity index (χ2v) is 4.90. The number of nitrogens with two attached hydrogens (primary N) is 1. The fourth-order valence-electron chi connectivity index (χ4n) is 2.29. The standard InChI is InChI=1S/C11H19N5/c1-8-7-9(14-10(13-8)15-12)16-6-4-5-11(16,2)3/h7H,4-6,12H2,1-3H3,(H,13,14,15). The summed E-state index contributed by atoms with van der Waals surface area (Å²) < 4.78 is 0. The summed E-state index contributed by atoms with van der Waals surface area (Å²) in [7, 11) is 0. The van der Waals surface area contributed by atoms with Gasteiger partial charge in [-0.25, -0.2) is 10.8 Å². The number of hydrogen-bond donors (Lipinski definition) is 2. The Balaban J connectivity index is 2.36. The van der Waals surface area contributed by atoms with Gasteiger partial charge in [-0.1, -0.05) is 0 Å². The third kappa shape index (κ3) is 1.95. The lowest BCUT2D eigenvalue weighted by atomic mass is 10.0. The van der Waals surface area contributed by atoms with Crippen LogP contribution < -0.4 is 16.2 Å². The molecule has 1 aromatic rings. The van der Waals surface area contributed by atoms with E-state index in [9.17, 15) is 0 Å². The van der Waals surface area contributed by atoms with Crippen molar-refractivity contribution in [1.82, 2.24) is 9.97 Å². The quantitative estimate of drug-likeness (QED) is 0.584. The summed E-state index contributed by atoms with van der Waals surface area (Å²) in [4.78, 5) is 10.9. The topological polar surface area (TPSA) is 67.1 Å². The SMILES string of the molecule is Cc1cc(N2CCCC2(C)C)nc(NN)n1. The first-order chi connectivity index (χ1) is 7.53. The van der Waals surface area contributed by atoms with Gasteiger partial charge in [0.1, 0.15) is 5.82 Å². The molecule has 1 aliphatic heterocycles. The minimum atomic E-state index is 0.173. The van der Waals surface area contributed by atoms with Crippen molar-refractivity contribution in [3.63, 3.8) is 0 Å². The predicted octanol–water partition coefficient (Wildman–Crippen LogP) is 1.45. The molecule has 0 atom stereocenters. The van der Waals surface area contributed by atoms with Crippen molar-refractivity contribution < 1.29 is 0 Å². The lowest BCUT2D eigenvalue weighted by Gasteiger charge is -2.32. The molecule has 2 rings (SSSR count). The van der Waals surface area contributed by atoms with E-state index in [-0.39, 0.29) is 5.54 Å². The molecule has 0 unspecified atom stereocenters. The van der Waals surface area contributed by atoms with Crippen molar-refractivity contribution in [3.05, 3.63) is 11.8 Å². The molecule has 5 nitrogen and oxygen atoms in total. The maximum Gasteiger partial charge on any atom is 0.239 e. The van der Waals surface area contributed by atoms with Gasteiger partial charge in [0.25, 0.3) is 0 Å². The monoisotopic (exact) mass is 221 g/mol. The minimum absolute atomic E-state index is 0.173. The number of hydrazine groups is 1. The highest BCUT2D eigenvalue weighted by Gasteiger charge is 2.33. The van der Waals surface area contributed by atoms with Crippen LogP contribution in [0.15, 0.2) is 6.07 Å². The predicted molar refractivity (Wildman–Crippen MR) is 65.2 cm³/mol. The molecule has 1 aliphatic rings. The minimum Gasteiger partial charge on any atom is -0.351 e. The smallest absolute Gasteiger partial charge is 0.239 e. The van der Waals surface area contributed by atoms with Crippen LogP contribution in [0.3, 0.4) is 0 Å². The third-order valence-electron chi connectivity index (χ3n) is 3.15. The summed E-state index contributed by atoms with van der Waals surface area (Å²) in [5.41, 5.74) is 3.61. The number of aryl methyl sites for hydroxylation is 1. The highest BCUT2D eigenvalue weighted by Crippen LogP contribution is 2.32. The van der Waals surface area contributed by atoms with Gasteiger partial charge in [-0.15, -0.1) is 0 Å². The third-order valence-corrected chi connectivity index (χ3v) is 3.15. The second kappa shape index (κ2) is 3.90. The average Bonchev–Trinajstić information content (AvgIpc) is 2.57. The molecule has 16 heavy (non-hydrogen) atoms. The van der Waals surface area contributed by atoms with Crippen LogP contribution >= 0.6 is 0 Å². The summed E-state index contributed by atoms with van der Waals surface area (Å²) >= 11 is 0. The maximum absolute atomic E-state index is 5.36. The highest BCUT2D eigenvalue weighted by atomic mass is 15.3. The Kier molecular flexibility index (Phi) is 2.71. The first-order valence-electron chi connectivity index (χ1n) is 5.63. The van der Waals surface area contributed by atoms with Crippen molar-refractivity contribution >= 4 is 11.8 Å². The van der Waals surface area contributed by atoms with Crippen LogP contribution in [-0.4, -0.2) is 22.1 Å². The molecule has 3 N–H and O–H groups in total. The summed E-state index contributed by atoms with van der Waals surface area (Å²) in [6.07, 6.45) is 2.41. The molecule has 1 aromatic heterocycles. The molecule has 0 aromatic carbocycles. The second-order valence-electron chi connectivity index (χ2n) is 4.90. The largest absolute Gasteiger partial charge is 0.351 e. The van der Waals surface area contributed by atoms with Crippen LogP contribution in [0.2, 0.25) is 0 Å². The Hall–Kier alpha value is -1.36. The summed E-state index contributed by atoms with van der Waals surface area (Å²) in [5.74, 6) is 6.81. The first kappa shape index (κ1) is 11.1. The number of hydrogen-bond acceptors (Lipinski definition) is 5. The molecular weight excluding hydrogens is 202 g/mol. The van der Waals surface area contributed by atoms with Crippen LogP contribution in [0.25, 0.3) is 0 Å². The number of anilines is 2. The molecule has 2 heterocycles. The normalized spacial score (nSPS) is 18.9. The molecule has 1 fully saturated rings. The molecule has 0 radical (unpaired) electrons. The maximum atomic E-state index is 5.36. The van der Waals surface area contributed by atoms with Gasteiger partial charge in [0.15, 0.2) is 0 Å². The summed E-state index contributed by atoms with van der Waals surface area (Å²) in [6.45, 7) is 7.49. The van der Waals surface area contributed by atoms with Gasteiger partial charge < -0.3 is 4.90 Å². The zero-order valence-corrected chi connectivity index (χ0v) is 10.1. The number of nitrogens with zero attached hydrogens (tertiary/aromatic N) is 3. The van der Waals surface area contributed by atoms with Gasteiger partial charge in [-0.05, 0) is 33.6 Å². The van der Waals surface area contributed by atoms with Crippen molar-refractivity contribution in [2.75, 3.05) is 16.9 Å². The number of nitrogens with one attached hydrogen (secondary N) is 1. The van der Waals surface area contributed by atoms with Crippen LogP contribution in [0, 0.1) is 6.92 Å². The van der Waals surface area contributed by atoms with Crippen molar-refractivity contribution in [2.45, 2.75) is 39.2 Å². The highest BCUT2D eigenvalue weighted by molar-refractivity contribution is 5.47. The molecular formula is C11H19N5. The van der Waals surface area contributed by atoms with Gasteiger partial charge in [-0.2, -0.15) is 4.98 Å². The fourth-order valence-corrected chi connectivity index (χ4v) is 2.29. The van der Waals surface area contributed by atoms with E-state index >= 15 is 0 Å². The van der Waals surface area contributed by atoms with Crippen LogP contribution in [-0.2, 0) is 0 Å². The van der Waals surface area contributed by atoms with Crippen molar-refractivity contribution in [3.8, 4) is 0 Å². The van der Waals surface area contributed by atoms with Gasteiger partial charge in [0.05, 0.1) is 0 Å². The molecule has 0 amide bonds. The van der Waals surface area contributed by atoms with Crippen molar-refractivity contribution in [2.24, 2.45) is 5.84 Å². The Labute approximate surface area is 96.0 Å². The van der Waals surface area contributed by atoms with Crippen LogP contribution in [0.4, 0.5) is 11.8 Å². The van der Waals surface area contributed by atoms with Crippen LogP contribution in [0.5, 0.6) is 0 Å². The molecule has 0 aliphatic carbocycles. The van der Waals surface area contributed by atoms with E-state index in [1.54, 1.807) is 0 Å². The zero-order valence-electron chi connectivity index (χ0n) is 10.1. The van der Waals surface area contributed by atoms with E-state index in [1.165, 1.54) is 12.8 Å². The van der Waals surface area contributed by atoms with E-state index < -0.39 is 0 Å². The zero-order chi connectivity index (χ0) is 11.8. The number of nitrogen functional groups attached to an aromatic ring is 1. The average molecular weight is 221 g/mol. The molecule has 0 spiro atoms. The molecule has 0 bridgehead atoms. The molecule has 1 saturated heterocycles. The molecule has 0 saturated carbocycles. The van der Waals surface area contributed by atoms with Crippen LogP contribution in [0.1, 0.15) is 32.4 Å². The lowest BCUT2D eigenvalue weighted by Crippen LogP contribution is -2.38. The summed E-state index contributed by atoms with van der Waals surface area (Å²) in [6, 6.07) is 2.01. The number of aromatic nitrogens is 2. The Morgan fingerprint density at radius 1 is 1.44 bits per heavy atom. The van der Waals surface area contributed by atoms with E-state index in [2.05, 4.69) is 34.1 Å². The van der Waals surface area contributed by atoms with E-state index in [1.807, 2.05) is 13.0 Å². The molecule has 5 heteroatoms. The Morgan fingerprint density at radius 3 is 2.75 bits per heavy atom. The van der Waals surface area contributed by atoms with Gasteiger partial charge >= 0.3 is 0 Å². The Bertz CT molecular complexity index is 388. The Morgan fingerprint density at radius 2 is 2.19 bits per heavy atom. The van der Waals surface area contributed by atoms with E-state index in [4.69, 9.17) is 5.84 Å². The van der Waals surface area contributed by atoms with E-state index in [0.29, 0.717) is 5.95 Å². The van der Waals surface area contributed by atoms with E-state index in [0.717, 1.165) is 18.1 Å². The summed E-state index contributed by atoms with van der Waals surface area (Å²) in [5, 5.41) is 0.